The van der Waals surface area contributed by atoms with Gasteiger partial charge in [-0.1, -0.05) is 77.8 Å². The van der Waals surface area contributed by atoms with Gasteiger partial charge in [0.15, 0.2) is 25.5 Å². The molecule has 2 fully saturated rings. The van der Waals surface area contributed by atoms with E-state index in [1.807, 2.05) is 20.8 Å². The van der Waals surface area contributed by atoms with E-state index in [-0.39, 0.29) is 34.6 Å². The number of hydrogen-bond donors (Lipinski definition) is 3. The second kappa shape index (κ2) is 19.7. The van der Waals surface area contributed by atoms with Gasteiger partial charge in [-0.15, -0.1) is 0 Å². The summed E-state index contributed by atoms with van der Waals surface area (Å²) in [5.41, 5.74) is 3.47. The van der Waals surface area contributed by atoms with Gasteiger partial charge in [-0.25, -0.2) is 21.8 Å². The molecule has 0 unspecified atom stereocenters. The van der Waals surface area contributed by atoms with Gasteiger partial charge in [-0.2, -0.15) is 13.2 Å². The number of nitrogens with one attached hydrogen (secondary N) is 2. The highest BCUT2D eigenvalue weighted by Gasteiger charge is 2.47. The quantitative estimate of drug-likeness (QED) is 0.201. The van der Waals surface area contributed by atoms with E-state index in [4.69, 9.17) is 4.52 Å². The topological polar surface area (TPSA) is 208 Å². The Kier molecular flexibility index (Phi) is 17.1. The van der Waals surface area contributed by atoms with E-state index >= 15 is 0 Å². The number of carbonyl (C=O) groups excluding carboxylic acids is 3. The number of anilines is 2. The van der Waals surface area contributed by atoms with Crippen LogP contribution < -0.4 is 16.4 Å². The molecule has 0 radical (unpaired) electrons. The van der Waals surface area contributed by atoms with E-state index in [0.29, 0.717) is 31.2 Å². The molecule has 0 saturated heterocycles. The Morgan fingerprint density at radius 1 is 0.786 bits per heavy atom. The summed E-state index contributed by atoms with van der Waals surface area (Å²) in [6, 6.07) is 3.43. The van der Waals surface area contributed by atoms with Crippen molar-refractivity contribution in [3.8, 4) is 0 Å². The Balaban J connectivity index is 0.000000345. The molecule has 2 aliphatic carbocycles. The highest BCUT2D eigenvalue weighted by molar-refractivity contribution is 7.94. The first-order chi connectivity index (χ1) is 25.7. The molecule has 2 aliphatic rings. The van der Waals surface area contributed by atoms with Crippen molar-refractivity contribution in [2.75, 3.05) is 16.4 Å². The summed E-state index contributed by atoms with van der Waals surface area (Å²) in [4.78, 5) is 38.3. The van der Waals surface area contributed by atoms with Crippen LogP contribution in [0, 0.1) is 5.92 Å². The summed E-state index contributed by atoms with van der Waals surface area (Å²) in [7, 11) is -7.33. The number of amides is 3. The molecular formula is C38H60F3N5O8S2. The molecule has 4 N–H and O–H groups in total. The molecule has 318 valence electrons. The Bertz CT molecular complexity index is 1820. The zero-order valence-corrected chi connectivity index (χ0v) is 35.5. The number of carbonyl (C=O) groups is 3. The second-order valence-electron chi connectivity index (χ2n) is 16.4. The van der Waals surface area contributed by atoms with Crippen molar-refractivity contribution in [2.45, 2.75) is 159 Å². The lowest BCUT2D eigenvalue weighted by atomic mass is 9.91. The van der Waals surface area contributed by atoms with Crippen LogP contribution in [-0.4, -0.2) is 65.2 Å². The summed E-state index contributed by atoms with van der Waals surface area (Å²) in [6.45, 7) is 13.2. The first-order valence-corrected chi connectivity index (χ1v) is 22.2. The van der Waals surface area contributed by atoms with Gasteiger partial charge in [0.05, 0.1) is 16.6 Å². The van der Waals surface area contributed by atoms with Crippen LogP contribution in [0.25, 0.3) is 0 Å². The number of hydrogen-bond acceptors (Lipinski definition) is 10. The highest BCUT2D eigenvalue weighted by atomic mass is 32.2. The Hall–Kier alpha value is -3.54. The fourth-order valence-corrected chi connectivity index (χ4v) is 9.77. The van der Waals surface area contributed by atoms with Gasteiger partial charge in [-0.3, -0.25) is 14.4 Å². The molecular weight excluding hydrogens is 776 g/mol. The van der Waals surface area contributed by atoms with Gasteiger partial charge in [0.25, 0.3) is 0 Å². The van der Waals surface area contributed by atoms with Gasteiger partial charge < -0.3 is 20.9 Å². The SMILES string of the molecule is CC(C)(C(=O)Nc1ccc(C(F)(F)F)cn1)S(=O)(=O)CC1CCCCC1.CC(C)(C)c1cc(NC(=O)C(C)(C)S(=O)(=O)C2CCCCCC2)no1.CCC(N)=O. The number of alkyl halides is 3. The Morgan fingerprint density at radius 2 is 1.27 bits per heavy atom. The van der Waals surface area contributed by atoms with Gasteiger partial charge in [0, 0.05) is 24.1 Å². The normalized spacial score (nSPS) is 16.6. The van der Waals surface area contributed by atoms with Gasteiger partial charge >= 0.3 is 6.18 Å². The number of primary amides is 1. The van der Waals surface area contributed by atoms with Crippen LogP contribution in [0.2, 0.25) is 0 Å². The predicted octanol–water partition coefficient (Wildman–Crippen LogP) is 7.52. The number of rotatable bonds is 10. The maximum atomic E-state index is 13.1. The molecule has 0 atom stereocenters. The molecule has 0 bridgehead atoms. The van der Waals surface area contributed by atoms with E-state index in [9.17, 15) is 44.4 Å². The molecule has 2 heterocycles. The lowest BCUT2D eigenvalue weighted by Gasteiger charge is -2.28. The number of aromatic nitrogens is 2. The third kappa shape index (κ3) is 13.5. The minimum Gasteiger partial charge on any atom is -0.370 e. The van der Waals surface area contributed by atoms with Crippen molar-refractivity contribution in [3.05, 3.63) is 35.7 Å². The summed E-state index contributed by atoms with van der Waals surface area (Å²) >= 11 is 0. The van der Waals surface area contributed by atoms with Crippen LogP contribution in [-0.2, 0) is 45.6 Å². The third-order valence-corrected chi connectivity index (χ3v) is 15.8. The lowest BCUT2D eigenvalue weighted by molar-refractivity contribution is -0.137. The molecule has 0 aliphatic heterocycles. The zero-order chi connectivity index (χ0) is 42.8. The molecule has 4 rings (SSSR count). The van der Waals surface area contributed by atoms with Crippen molar-refractivity contribution < 1.29 is 48.9 Å². The third-order valence-electron chi connectivity index (χ3n) is 10.2. The average molecular weight is 836 g/mol. The Labute approximate surface area is 329 Å². The average Bonchev–Trinajstić information content (AvgIpc) is 3.41. The predicted molar refractivity (Wildman–Crippen MR) is 210 cm³/mol. The molecule has 2 aromatic heterocycles. The first-order valence-electron chi connectivity index (χ1n) is 19.0. The van der Waals surface area contributed by atoms with E-state index in [1.165, 1.54) is 27.7 Å². The maximum Gasteiger partial charge on any atom is 0.417 e. The minimum absolute atomic E-state index is 0.0463. The van der Waals surface area contributed by atoms with Crippen molar-refractivity contribution in [3.63, 3.8) is 0 Å². The van der Waals surface area contributed by atoms with Crippen LogP contribution in [0.1, 0.15) is 144 Å². The van der Waals surface area contributed by atoms with Crippen LogP contribution in [0.4, 0.5) is 24.8 Å². The van der Waals surface area contributed by atoms with Crippen molar-refractivity contribution in [1.82, 2.24) is 10.1 Å². The number of nitrogens with two attached hydrogens (primary N) is 1. The van der Waals surface area contributed by atoms with E-state index in [1.54, 1.807) is 13.0 Å². The first kappa shape index (κ1) is 48.6. The fraction of sp³-hybridized carbons (Fsp3) is 0.711. The van der Waals surface area contributed by atoms with E-state index < -0.39 is 58.0 Å². The van der Waals surface area contributed by atoms with Crippen molar-refractivity contribution in [1.29, 1.82) is 0 Å². The van der Waals surface area contributed by atoms with E-state index in [2.05, 4.69) is 26.5 Å². The fourth-order valence-electron chi connectivity index (χ4n) is 5.97. The molecule has 3 amide bonds. The monoisotopic (exact) mass is 835 g/mol. The molecule has 0 aromatic carbocycles. The van der Waals surface area contributed by atoms with Gasteiger partial charge in [-0.05, 0) is 71.4 Å². The summed E-state index contributed by atoms with van der Waals surface area (Å²) in [5.74, 6) is -0.871. The Morgan fingerprint density at radius 3 is 1.71 bits per heavy atom. The number of halogens is 3. The lowest BCUT2D eigenvalue weighted by Crippen LogP contribution is -2.48. The number of sulfone groups is 2. The summed E-state index contributed by atoms with van der Waals surface area (Å²) in [6.07, 6.45) is 6.45. The summed E-state index contributed by atoms with van der Waals surface area (Å²) in [5, 5.41) is 8.32. The molecule has 18 heteroatoms. The standard InChI is InChI=1S/C18H30N2O4S.C17H23F3N2O3S.C3H7NO/c1-17(2,3)14-12-15(20-24-14)19-16(21)18(4,5)25(22,23)13-10-8-6-7-9-11-13;1-16(2,26(24,25)11-12-6-4-3-5-7-12)15(23)22-14-9-8-13(10-21-14)17(18,19)20;1-2-3(4)5/h12-13H,6-11H2,1-5H3,(H,19,20,21);8-10,12H,3-7,11H2,1-2H3,(H,21,22,23);2H2,1H3,(H2,4,5). The van der Waals surface area contributed by atoms with E-state index in [0.717, 1.165) is 69.9 Å². The van der Waals surface area contributed by atoms with Gasteiger partial charge in [0.2, 0.25) is 17.7 Å². The second-order valence-corrected chi connectivity index (χ2v) is 21.8. The zero-order valence-electron chi connectivity index (χ0n) is 33.8. The molecule has 56 heavy (non-hydrogen) atoms. The summed E-state index contributed by atoms with van der Waals surface area (Å²) < 4.78 is 91.2. The van der Waals surface area contributed by atoms with Crippen LogP contribution in [0.5, 0.6) is 0 Å². The minimum atomic E-state index is -4.53. The van der Waals surface area contributed by atoms with Crippen LogP contribution in [0.3, 0.4) is 0 Å². The van der Waals surface area contributed by atoms with Crippen LogP contribution in [0.15, 0.2) is 28.9 Å². The largest absolute Gasteiger partial charge is 0.417 e. The molecule has 2 aromatic rings. The van der Waals surface area contributed by atoms with Crippen molar-refractivity contribution >= 4 is 49.0 Å². The number of pyridine rings is 1. The van der Waals surface area contributed by atoms with Gasteiger partial charge in [0.1, 0.15) is 21.1 Å². The van der Waals surface area contributed by atoms with Crippen molar-refractivity contribution in [2.24, 2.45) is 11.7 Å². The highest BCUT2D eigenvalue weighted by Crippen LogP contribution is 2.33. The molecule has 2 saturated carbocycles. The smallest absolute Gasteiger partial charge is 0.370 e. The van der Waals surface area contributed by atoms with Crippen LogP contribution >= 0.6 is 0 Å². The molecule has 0 spiro atoms. The molecule has 13 nitrogen and oxygen atoms in total. The maximum absolute atomic E-state index is 13.1. The number of nitrogens with zero attached hydrogens (tertiary/aromatic N) is 2.